The summed E-state index contributed by atoms with van der Waals surface area (Å²) in [4.78, 5) is 47.2. The predicted octanol–water partition coefficient (Wildman–Crippen LogP) is 3.33. The van der Waals surface area contributed by atoms with Gasteiger partial charge in [-0.15, -0.1) is 0 Å². The van der Waals surface area contributed by atoms with Gasteiger partial charge in [-0.05, 0) is 42.0 Å². The average molecular weight is 459 g/mol. The van der Waals surface area contributed by atoms with Crippen molar-refractivity contribution in [2.24, 2.45) is 0 Å². The maximum absolute atomic E-state index is 12.9. The molecule has 4 rings (SSSR count). The van der Waals surface area contributed by atoms with Crippen LogP contribution in [0.1, 0.15) is 21.5 Å². The number of para-hydroxylation sites is 1. The van der Waals surface area contributed by atoms with Gasteiger partial charge in [-0.1, -0.05) is 30.3 Å². The molecule has 0 aromatic heterocycles. The summed E-state index contributed by atoms with van der Waals surface area (Å²) in [5.41, 5.74) is 3.24. The molecule has 2 N–H and O–H groups in total. The van der Waals surface area contributed by atoms with Gasteiger partial charge in [-0.25, -0.2) is 9.80 Å². The van der Waals surface area contributed by atoms with E-state index in [9.17, 15) is 24.5 Å². The molecule has 0 bridgehead atoms. The quantitative estimate of drug-likeness (QED) is 0.239. The molecule has 3 aromatic rings. The Morgan fingerprint density at radius 3 is 2.53 bits per heavy atom. The van der Waals surface area contributed by atoms with Gasteiger partial charge in [0.25, 0.3) is 17.5 Å². The van der Waals surface area contributed by atoms with Crippen LogP contribution in [0.5, 0.6) is 5.75 Å². The van der Waals surface area contributed by atoms with Gasteiger partial charge in [-0.2, -0.15) is 0 Å². The molecule has 0 atom stereocenters. The van der Waals surface area contributed by atoms with E-state index in [-0.39, 0.29) is 34.7 Å². The number of carbonyl (C=O) groups is 3. The number of aromatic carboxylic acids is 1. The topological polar surface area (TPSA) is 139 Å². The van der Waals surface area contributed by atoms with Crippen LogP contribution in [-0.2, 0) is 16.2 Å². The van der Waals surface area contributed by atoms with Crippen LogP contribution in [0.15, 0.2) is 78.4 Å². The first-order chi connectivity index (χ1) is 16.3. The number of benzene rings is 3. The van der Waals surface area contributed by atoms with Crippen molar-refractivity contribution in [2.45, 2.75) is 6.61 Å². The second kappa shape index (κ2) is 9.25. The van der Waals surface area contributed by atoms with E-state index in [0.29, 0.717) is 11.3 Å². The van der Waals surface area contributed by atoms with Crippen molar-refractivity contribution in [3.63, 3.8) is 0 Å². The van der Waals surface area contributed by atoms with E-state index in [1.165, 1.54) is 36.4 Å². The number of nitro groups is 1. The number of carbonyl (C=O) groups excluding carboxylic acids is 2. The summed E-state index contributed by atoms with van der Waals surface area (Å²) in [5.74, 6) is -2.20. The third-order valence-corrected chi connectivity index (χ3v) is 4.98. The molecule has 1 saturated heterocycles. The lowest BCUT2D eigenvalue weighted by atomic mass is 10.1. The summed E-state index contributed by atoms with van der Waals surface area (Å²) < 4.78 is 5.77. The molecule has 0 unspecified atom stereocenters. The van der Waals surface area contributed by atoms with Crippen LogP contribution in [0.2, 0.25) is 0 Å². The summed E-state index contributed by atoms with van der Waals surface area (Å²) >= 11 is 0. The van der Waals surface area contributed by atoms with E-state index in [1.807, 2.05) is 0 Å². The van der Waals surface area contributed by atoms with Crippen LogP contribution in [0, 0.1) is 10.1 Å². The lowest BCUT2D eigenvalue weighted by molar-refractivity contribution is -0.384. The van der Waals surface area contributed by atoms with Gasteiger partial charge in [-0.3, -0.25) is 25.1 Å². The fourth-order valence-corrected chi connectivity index (χ4v) is 3.32. The monoisotopic (exact) mass is 459 g/mol. The van der Waals surface area contributed by atoms with E-state index in [4.69, 9.17) is 9.84 Å². The van der Waals surface area contributed by atoms with E-state index < -0.39 is 22.7 Å². The van der Waals surface area contributed by atoms with Gasteiger partial charge in [0, 0.05) is 17.7 Å². The fourth-order valence-electron chi connectivity index (χ4n) is 3.32. The Kier molecular flexibility index (Phi) is 6.04. The summed E-state index contributed by atoms with van der Waals surface area (Å²) in [5, 5.41) is 21.5. The number of nitro benzene ring substituents is 1. The van der Waals surface area contributed by atoms with Gasteiger partial charge in [0.05, 0.1) is 16.2 Å². The molecular formula is C24H17N3O7. The minimum Gasteiger partial charge on any atom is -0.488 e. The molecule has 1 aliphatic rings. The number of ether oxygens (including phenoxy) is 1. The van der Waals surface area contributed by atoms with Crippen molar-refractivity contribution in [1.29, 1.82) is 0 Å². The highest BCUT2D eigenvalue weighted by atomic mass is 16.6. The van der Waals surface area contributed by atoms with Crippen molar-refractivity contribution in [3.8, 4) is 5.75 Å². The van der Waals surface area contributed by atoms with Crippen molar-refractivity contribution >= 4 is 35.2 Å². The Labute approximate surface area is 192 Å². The molecule has 1 heterocycles. The molecule has 0 spiro atoms. The minimum absolute atomic E-state index is 0.0363. The third kappa shape index (κ3) is 4.60. The maximum Gasteiger partial charge on any atom is 0.335 e. The Morgan fingerprint density at radius 1 is 1.06 bits per heavy atom. The highest BCUT2D eigenvalue weighted by molar-refractivity contribution is 6.31. The van der Waals surface area contributed by atoms with E-state index >= 15 is 0 Å². The fraction of sp³-hybridized carbons (Fsp3) is 0.0417. The maximum atomic E-state index is 12.9. The second-order valence-electron chi connectivity index (χ2n) is 7.25. The summed E-state index contributed by atoms with van der Waals surface area (Å²) in [7, 11) is 0. The number of anilines is 1. The molecule has 0 saturated carbocycles. The van der Waals surface area contributed by atoms with E-state index in [0.717, 1.165) is 5.01 Å². The number of nitrogens with one attached hydrogen (secondary N) is 1. The minimum atomic E-state index is -1.09. The van der Waals surface area contributed by atoms with Crippen LogP contribution in [0.3, 0.4) is 0 Å². The number of hydrazine groups is 1. The Balaban J connectivity index is 1.66. The number of hydrogen-bond donors (Lipinski definition) is 2. The SMILES string of the molecule is O=C1NN(c2ccccc2)C(=O)/C1=C\c1cc([N+](=O)[O-])ccc1OCc1cccc(C(=O)O)c1. The Hall–Kier alpha value is -4.99. The molecule has 3 aromatic carbocycles. The van der Waals surface area contributed by atoms with Crippen molar-refractivity contribution in [2.75, 3.05) is 5.01 Å². The first kappa shape index (κ1) is 22.2. The van der Waals surface area contributed by atoms with E-state index in [2.05, 4.69) is 5.43 Å². The number of rotatable bonds is 7. The number of carboxylic acids is 1. The first-order valence-electron chi connectivity index (χ1n) is 9.99. The molecule has 170 valence electrons. The predicted molar refractivity (Wildman–Crippen MR) is 121 cm³/mol. The lowest BCUT2D eigenvalue weighted by Gasteiger charge is -2.14. The Morgan fingerprint density at radius 2 is 1.82 bits per heavy atom. The van der Waals surface area contributed by atoms with Gasteiger partial charge < -0.3 is 9.84 Å². The summed E-state index contributed by atoms with van der Waals surface area (Å²) in [6, 6.07) is 18.4. The zero-order valence-corrected chi connectivity index (χ0v) is 17.5. The van der Waals surface area contributed by atoms with Gasteiger partial charge in [0.15, 0.2) is 0 Å². The number of carboxylic acid groups (broad SMARTS) is 1. The first-order valence-corrected chi connectivity index (χ1v) is 9.99. The number of non-ortho nitro benzene ring substituents is 1. The van der Waals surface area contributed by atoms with Crippen LogP contribution in [-0.4, -0.2) is 27.8 Å². The lowest BCUT2D eigenvalue weighted by Crippen LogP contribution is -2.35. The van der Waals surface area contributed by atoms with E-state index in [1.54, 1.807) is 42.5 Å². The van der Waals surface area contributed by atoms with Gasteiger partial charge >= 0.3 is 5.97 Å². The van der Waals surface area contributed by atoms with Crippen LogP contribution < -0.4 is 15.2 Å². The highest BCUT2D eigenvalue weighted by Gasteiger charge is 2.34. The van der Waals surface area contributed by atoms with Crippen molar-refractivity contribution in [1.82, 2.24) is 5.43 Å². The highest BCUT2D eigenvalue weighted by Crippen LogP contribution is 2.29. The molecule has 1 fully saturated rings. The van der Waals surface area contributed by atoms with Crippen LogP contribution in [0.25, 0.3) is 6.08 Å². The molecule has 2 amide bonds. The molecule has 0 aliphatic carbocycles. The number of amides is 2. The van der Waals surface area contributed by atoms with Gasteiger partial charge in [0.1, 0.15) is 17.9 Å². The van der Waals surface area contributed by atoms with Crippen molar-refractivity contribution in [3.05, 3.63) is 105 Å². The normalized spacial score (nSPS) is 14.2. The molecule has 34 heavy (non-hydrogen) atoms. The molecular weight excluding hydrogens is 442 g/mol. The number of hydrogen-bond acceptors (Lipinski definition) is 6. The molecule has 10 heteroatoms. The standard InChI is InChI=1S/C24H17N3O7/c28-22-20(23(29)26(25-22)18-7-2-1-3-8-18)13-17-12-19(27(32)33)9-10-21(17)34-14-15-5-4-6-16(11-15)24(30)31/h1-13H,14H2,(H,25,28)(H,30,31)/b20-13-. The molecule has 1 aliphatic heterocycles. The second-order valence-corrected chi connectivity index (χ2v) is 7.25. The summed E-state index contributed by atoms with van der Waals surface area (Å²) in [6.07, 6.45) is 1.23. The third-order valence-electron chi connectivity index (χ3n) is 4.98. The smallest absolute Gasteiger partial charge is 0.335 e. The summed E-state index contributed by atoms with van der Waals surface area (Å²) in [6.45, 7) is -0.0363. The van der Waals surface area contributed by atoms with Gasteiger partial charge in [0.2, 0.25) is 0 Å². The van der Waals surface area contributed by atoms with Crippen LogP contribution in [0.4, 0.5) is 11.4 Å². The van der Waals surface area contributed by atoms with Crippen molar-refractivity contribution < 1.29 is 29.2 Å². The zero-order valence-electron chi connectivity index (χ0n) is 17.5. The zero-order chi connectivity index (χ0) is 24.2. The molecule has 0 radical (unpaired) electrons. The largest absolute Gasteiger partial charge is 0.488 e. The number of nitrogens with zero attached hydrogens (tertiary/aromatic N) is 2. The van der Waals surface area contributed by atoms with Crippen LogP contribution >= 0.6 is 0 Å². The average Bonchev–Trinajstić information content (AvgIpc) is 3.12. The Bertz CT molecular complexity index is 1340. The molecule has 10 nitrogen and oxygen atoms in total.